The summed E-state index contributed by atoms with van der Waals surface area (Å²) in [5.41, 5.74) is 3.99. The lowest BCUT2D eigenvalue weighted by Gasteiger charge is -2.08. The first-order chi connectivity index (χ1) is 13.2. The fourth-order valence-corrected chi connectivity index (χ4v) is 4.07. The Morgan fingerprint density at radius 2 is 2.19 bits per heavy atom. The van der Waals surface area contributed by atoms with Gasteiger partial charge in [0.2, 0.25) is 0 Å². The topological polar surface area (TPSA) is 69.0 Å². The van der Waals surface area contributed by atoms with Gasteiger partial charge in [0.05, 0.1) is 17.2 Å². The number of amides is 1. The van der Waals surface area contributed by atoms with Crippen LogP contribution in [0, 0.1) is 6.92 Å². The molecule has 0 spiro atoms. The third kappa shape index (κ3) is 4.26. The molecule has 0 saturated heterocycles. The molecule has 1 N–H and O–H groups in total. The quantitative estimate of drug-likeness (QED) is 0.622. The molecule has 0 atom stereocenters. The number of nitrogens with one attached hydrogen (secondary N) is 1. The van der Waals surface area contributed by atoms with Gasteiger partial charge in [-0.05, 0) is 38.5 Å². The number of hydrogen-bond donors (Lipinski definition) is 1. The van der Waals surface area contributed by atoms with Crippen LogP contribution < -0.4 is 5.32 Å². The Hall–Kier alpha value is -2.51. The predicted molar refractivity (Wildman–Crippen MR) is 108 cm³/mol. The zero-order chi connectivity index (χ0) is 19.2. The van der Waals surface area contributed by atoms with E-state index in [9.17, 15) is 4.79 Å². The second kappa shape index (κ2) is 8.92. The Bertz CT molecular complexity index is 902. The van der Waals surface area contributed by atoms with E-state index in [-0.39, 0.29) is 6.03 Å². The zero-order valence-electron chi connectivity index (χ0n) is 15.9. The second-order valence-electron chi connectivity index (χ2n) is 6.00. The molecule has 3 rings (SSSR count). The Morgan fingerprint density at radius 3 is 2.89 bits per heavy atom. The maximum absolute atomic E-state index is 12.4. The molecule has 3 heterocycles. The molecule has 0 unspecified atom stereocenters. The number of thiazole rings is 1. The van der Waals surface area contributed by atoms with Crippen LogP contribution in [0.5, 0.6) is 0 Å². The van der Waals surface area contributed by atoms with Crippen LogP contribution >= 0.6 is 11.3 Å². The Kier molecular flexibility index (Phi) is 6.36. The van der Waals surface area contributed by atoms with Gasteiger partial charge in [-0.15, -0.1) is 11.3 Å². The van der Waals surface area contributed by atoms with E-state index in [2.05, 4.69) is 17.2 Å². The van der Waals surface area contributed by atoms with E-state index in [0.29, 0.717) is 19.8 Å². The molecule has 3 aromatic heterocycles. The summed E-state index contributed by atoms with van der Waals surface area (Å²) in [6, 6.07) is 5.76. The maximum Gasteiger partial charge on any atom is 0.325 e. The lowest BCUT2D eigenvalue weighted by molar-refractivity contribution is 0.149. The predicted octanol–water partition coefficient (Wildman–Crippen LogP) is 4.14. The zero-order valence-corrected chi connectivity index (χ0v) is 16.7. The number of aryl methyl sites for hydroxylation is 1. The number of carbonyl (C=O) groups is 1. The van der Waals surface area contributed by atoms with E-state index in [1.165, 1.54) is 0 Å². The highest BCUT2D eigenvalue weighted by Gasteiger charge is 2.18. The van der Waals surface area contributed by atoms with E-state index in [4.69, 9.17) is 9.72 Å². The molecule has 0 aliphatic rings. The van der Waals surface area contributed by atoms with Crippen LogP contribution in [0.1, 0.15) is 25.2 Å². The molecule has 142 valence electrons. The van der Waals surface area contributed by atoms with Crippen molar-refractivity contribution in [2.24, 2.45) is 0 Å². The summed E-state index contributed by atoms with van der Waals surface area (Å²) in [4.78, 5) is 22.5. The van der Waals surface area contributed by atoms with E-state index >= 15 is 0 Å². The highest BCUT2D eigenvalue weighted by molar-refractivity contribution is 7.18. The van der Waals surface area contributed by atoms with Gasteiger partial charge in [-0.25, -0.2) is 9.78 Å². The first-order valence-electron chi connectivity index (χ1n) is 9.10. The summed E-state index contributed by atoms with van der Waals surface area (Å²) < 4.78 is 6.91. The van der Waals surface area contributed by atoms with Gasteiger partial charge in [-0.2, -0.15) is 0 Å². The van der Waals surface area contributed by atoms with E-state index in [1.807, 2.05) is 44.4 Å². The van der Waals surface area contributed by atoms with Gasteiger partial charge in [0.25, 0.3) is 0 Å². The minimum absolute atomic E-state index is 0.145. The van der Waals surface area contributed by atoms with Crippen LogP contribution in [0.3, 0.4) is 0 Å². The highest BCUT2D eigenvalue weighted by atomic mass is 32.1. The van der Waals surface area contributed by atoms with Crippen LogP contribution in [0.2, 0.25) is 0 Å². The molecule has 7 heteroatoms. The molecular formula is C20H24N4O2S. The van der Waals surface area contributed by atoms with E-state index in [0.717, 1.165) is 38.8 Å². The highest BCUT2D eigenvalue weighted by Crippen LogP contribution is 2.37. The smallest absolute Gasteiger partial charge is 0.325 e. The van der Waals surface area contributed by atoms with Gasteiger partial charge in [0.15, 0.2) is 0 Å². The summed E-state index contributed by atoms with van der Waals surface area (Å²) in [5, 5.41) is 3.83. The van der Waals surface area contributed by atoms with Gasteiger partial charge in [-0.1, -0.05) is 6.92 Å². The lowest BCUT2D eigenvalue weighted by Crippen LogP contribution is -2.31. The number of hydrogen-bond acceptors (Lipinski definition) is 5. The second-order valence-corrected chi connectivity index (χ2v) is 7.00. The number of carbonyl (C=O) groups excluding carboxylic acids is 1. The summed E-state index contributed by atoms with van der Waals surface area (Å²) in [7, 11) is 0. The minimum Gasteiger partial charge on any atom is -0.380 e. The van der Waals surface area contributed by atoms with Crippen LogP contribution in [0.25, 0.3) is 21.0 Å². The fourth-order valence-electron chi connectivity index (χ4n) is 2.85. The summed E-state index contributed by atoms with van der Waals surface area (Å²) in [6.07, 6.45) is 6.22. The largest absolute Gasteiger partial charge is 0.380 e. The number of rotatable bonds is 7. The average Bonchev–Trinajstić information content (AvgIpc) is 3.29. The van der Waals surface area contributed by atoms with Crippen LogP contribution in [0.4, 0.5) is 4.79 Å². The van der Waals surface area contributed by atoms with Crippen molar-refractivity contribution in [2.45, 2.75) is 27.2 Å². The number of aromatic nitrogens is 3. The number of ether oxygens (including phenoxy) is 1. The van der Waals surface area contributed by atoms with Crippen LogP contribution in [0.15, 0.2) is 36.8 Å². The normalized spacial score (nSPS) is 10.9. The Balaban J connectivity index is 1.86. The van der Waals surface area contributed by atoms with Gasteiger partial charge in [0.1, 0.15) is 5.01 Å². The lowest BCUT2D eigenvalue weighted by atomic mass is 10.1. The van der Waals surface area contributed by atoms with Crippen molar-refractivity contribution in [2.75, 3.05) is 19.8 Å². The van der Waals surface area contributed by atoms with Gasteiger partial charge >= 0.3 is 6.03 Å². The van der Waals surface area contributed by atoms with Crippen LogP contribution in [-0.4, -0.2) is 40.3 Å². The SMILES string of the molecule is CCOCCNC(=O)n1ccc(-c2sc(-c3cccnc3)nc2CC)c1C. The van der Waals surface area contributed by atoms with Crippen LogP contribution in [-0.2, 0) is 11.2 Å². The molecule has 3 aromatic rings. The Morgan fingerprint density at radius 1 is 1.33 bits per heavy atom. The van der Waals surface area contributed by atoms with Crippen molar-refractivity contribution in [3.8, 4) is 21.0 Å². The fraction of sp³-hybridized carbons (Fsp3) is 0.350. The summed E-state index contributed by atoms with van der Waals surface area (Å²) in [5.74, 6) is 0. The molecule has 1 amide bonds. The molecule has 0 saturated carbocycles. The van der Waals surface area contributed by atoms with Crippen molar-refractivity contribution >= 4 is 17.4 Å². The number of pyridine rings is 1. The molecule has 0 aromatic carbocycles. The third-order valence-corrected chi connectivity index (χ3v) is 5.45. The first-order valence-corrected chi connectivity index (χ1v) is 9.91. The van der Waals surface area contributed by atoms with Crippen molar-refractivity contribution in [1.82, 2.24) is 19.9 Å². The monoisotopic (exact) mass is 384 g/mol. The molecular weight excluding hydrogens is 360 g/mol. The van der Waals surface area contributed by atoms with Crippen molar-refractivity contribution in [1.29, 1.82) is 0 Å². The average molecular weight is 385 g/mol. The van der Waals surface area contributed by atoms with Crippen molar-refractivity contribution in [3.05, 3.63) is 48.2 Å². The minimum atomic E-state index is -0.145. The number of nitrogens with zero attached hydrogens (tertiary/aromatic N) is 3. The Labute approximate surface area is 163 Å². The molecule has 0 aliphatic heterocycles. The van der Waals surface area contributed by atoms with Gasteiger partial charge < -0.3 is 10.1 Å². The molecule has 0 bridgehead atoms. The van der Waals surface area contributed by atoms with Crippen molar-refractivity contribution < 1.29 is 9.53 Å². The maximum atomic E-state index is 12.4. The molecule has 27 heavy (non-hydrogen) atoms. The van der Waals surface area contributed by atoms with E-state index in [1.54, 1.807) is 22.1 Å². The molecule has 6 nitrogen and oxygen atoms in total. The van der Waals surface area contributed by atoms with E-state index < -0.39 is 0 Å². The first kappa shape index (κ1) is 19.3. The summed E-state index contributed by atoms with van der Waals surface area (Å²) >= 11 is 1.64. The standard InChI is InChI=1S/C20H24N4O2S/c1-4-17-18(27-19(23-17)15-7-6-9-21-13-15)16-8-11-24(14(16)3)20(25)22-10-12-26-5-2/h6-9,11,13H,4-5,10,12H2,1-3H3,(H,22,25). The summed E-state index contributed by atoms with van der Waals surface area (Å²) in [6.45, 7) is 7.64. The van der Waals surface area contributed by atoms with Gasteiger partial charge in [-0.3, -0.25) is 9.55 Å². The van der Waals surface area contributed by atoms with Gasteiger partial charge in [0, 0.05) is 48.6 Å². The third-order valence-electron chi connectivity index (χ3n) is 4.27. The molecule has 0 fully saturated rings. The molecule has 0 radical (unpaired) electrons. The van der Waals surface area contributed by atoms with Crippen molar-refractivity contribution in [3.63, 3.8) is 0 Å². The molecule has 0 aliphatic carbocycles.